The normalized spacial score (nSPS) is 14.5. The molecule has 1 aliphatic rings. The minimum Gasteiger partial charge on any atom is -0.494 e. The van der Waals surface area contributed by atoms with Crippen LogP contribution in [0.25, 0.3) is 17.0 Å². The number of nitrogens with zero attached hydrogens (tertiary/aromatic N) is 2. The highest BCUT2D eigenvalue weighted by Gasteiger charge is 2.36. The summed E-state index contributed by atoms with van der Waals surface area (Å²) in [7, 11) is 0. The van der Waals surface area contributed by atoms with Crippen molar-refractivity contribution in [3.63, 3.8) is 0 Å². The van der Waals surface area contributed by atoms with Crippen LogP contribution in [-0.2, 0) is 16.1 Å². The van der Waals surface area contributed by atoms with Crippen molar-refractivity contribution >= 4 is 51.5 Å². The van der Waals surface area contributed by atoms with Crippen LogP contribution in [0.3, 0.4) is 0 Å². The number of benzene rings is 3. The molecule has 1 aliphatic heterocycles. The number of imide groups is 1. The molecule has 5 rings (SSSR count). The summed E-state index contributed by atoms with van der Waals surface area (Å²) in [6.07, 6.45) is 3.74. The largest absolute Gasteiger partial charge is 0.494 e. The highest BCUT2D eigenvalue weighted by atomic mass is 32.2. The first-order valence-electron chi connectivity index (χ1n) is 12.3. The Bertz CT molecular complexity index is 1560. The second kappa shape index (κ2) is 11.0. The number of fused-ring (bicyclic) bond motifs is 1. The van der Waals surface area contributed by atoms with Gasteiger partial charge < -0.3 is 14.6 Å². The van der Waals surface area contributed by atoms with Gasteiger partial charge in [-0.1, -0.05) is 48.0 Å². The fourth-order valence-electron chi connectivity index (χ4n) is 4.45. The molecule has 192 valence electrons. The Morgan fingerprint density at radius 1 is 1.03 bits per heavy atom. The number of hydrogen-bond acceptors (Lipinski definition) is 5. The predicted molar refractivity (Wildman–Crippen MR) is 151 cm³/mol. The van der Waals surface area contributed by atoms with Crippen molar-refractivity contribution in [1.29, 1.82) is 0 Å². The Balaban J connectivity index is 1.33. The molecule has 3 aromatic carbocycles. The second-order valence-electron chi connectivity index (χ2n) is 8.99. The van der Waals surface area contributed by atoms with E-state index in [1.54, 1.807) is 30.3 Å². The van der Waals surface area contributed by atoms with Crippen molar-refractivity contribution in [3.8, 4) is 5.75 Å². The van der Waals surface area contributed by atoms with E-state index in [0.717, 1.165) is 33.1 Å². The van der Waals surface area contributed by atoms with Crippen LogP contribution in [0.15, 0.2) is 83.9 Å². The van der Waals surface area contributed by atoms with Gasteiger partial charge >= 0.3 is 0 Å². The number of aryl methyl sites for hydroxylation is 1. The molecule has 2 heterocycles. The van der Waals surface area contributed by atoms with Gasteiger partial charge in [0, 0.05) is 34.9 Å². The van der Waals surface area contributed by atoms with E-state index in [2.05, 4.69) is 35.0 Å². The zero-order chi connectivity index (χ0) is 26.6. The van der Waals surface area contributed by atoms with Crippen molar-refractivity contribution in [2.75, 3.05) is 18.5 Å². The first-order valence-corrected chi connectivity index (χ1v) is 13.1. The molecule has 1 aromatic heterocycles. The molecule has 1 saturated heterocycles. The lowest BCUT2D eigenvalue weighted by atomic mass is 10.1. The zero-order valence-corrected chi connectivity index (χ0v) is 22.0. The molecule has 0 saturated carbocycles. The average molecular weight is 526 g/mol. The number of ether oxygens (including phenoxy) is 1. The predicted octanol–water partition coefficient (Wildman–Crippen LogP) is 6.07. The number of hydrogen-bond donors (Lipinski definition) is 1. The summed E-state index contributed by atoms with van der Waals surface area (Å²) < 4.78 is 7.55. The van der Waals surface area contributed by atoms with Crippen LogP contribution >= 0.6 is 11.8 Å². The number of thioether (sulfide) groups is 1. The number of para-hydroxylation sites is 1. The van der Waals surface area contributed by atoms with Crippen LogP contribution in [-0.4, -0.2) is 39.7 Å². The SMILES string of the molecule is CCOc1ccc(NC(=O)CN2C(=O)S/C(=C/c3cn(Cc4cccc(C)c4)c4ccccc34)C2=O)cc1. The average Bonchev–Trinajstić information content (AvgIpc) is 3.37. The molecule has 38 heavy (non-hydrogen) atoms. The number of carbonyl (C=O) groups is 3. The van der Waals surface area contributed by atoms with E-state index in [4.69, 9.17) is 4.74 Å². The summed E-state index contributed by atoms with van der Waals surface area (Å²) in [6.45, 7) is 4.83. The molecule has 0 unspecified atom stereocenters. The van der Waals surface area contributed by atoms with E-state index in [1.165, 1.54) is 11.1 Å². The maximum Gasteiger partial charge on any atom is 0.294 e. The van der Waals surface area contributed by atoms with E-state index >= 15 is 0 Å². The van der Waals surface area contributed by atoms with Gasteiger partial charge in [0.05, 0.1) is 11.5 Å². The number of rotatable bonds is 8. The van der Waals surface area contributed by atoms with Gasteiger partial charge in [-0.2, -0.15) is 0 Å². The smallest absolute Gasteiger partial charge is 0.294 e. The van der Waals surface area contributed by atoms with Gasteiger partial charge in [0.1, 0.15) is 12.3 Å². The number of anilines is 1. The summed E-state index contributed by atoms with van der Waals surface area (Å²) in [5, 5.41) is 3.25. The first kappa shape index (κ1) is 25.4. The molecule has 4 aromatic rings. The topological polar surface area (TPSA) is 80.6 Å². The lowest BCUT2D eigenvalue weighted by Gasteiger charge is -2.12. The molecule has 0 spiro atoms. The highest BCUT2D eigenvalue weighted by Crippen LogP contribution is 2.34. The Labute approximate surface area is 225 Å². The molecule has 0 atom stereocenters. The van der Waals surface area contributed by atoms with E-state index < -0.39 is 17.1 Å². The van der Waals surface area contributed by atoms with Gasteiger partial charge in [0.25, 0.3) is 11.1 Å². The number of carbonyl (C=O) groups excluding carboxylic acids is 3. The Kier molecular flexibility index (Phi) is 7.33. The third kappa shape index (κ3) is 5.50. The van der Waals surface area contributed by atoms with E-state index in [1.807, 2.05) is 43.5 Å². The van der Waals surface area contributed by atoms with Gasteiger partial charge in [-0.15, -0.1) is 0 Å². The Morgan fingerprint density at radius 3 is 2.58 bits per heavy atom. The van der Waals surface area contributed by atoms with Crippen molar-refractivity contribution in [1.82, 2.24) is 9.47 Å². The molecule has 0 radical (unpaired) electrons. The summed E-state index contributed by atoms with van der Waals surface area (Å²) >= 11 is 0.849. The summed E-state index contributed by atoms with van der Waals surface area (Å²) in [4.78, 5) is 39.6. The van der Waals surface area contributed by atoms with Crippen LogP contribution in [0.5, 0.6) is 5.75 Å². The maximum atomic E-state index is 13.1. The first-order chi connectivity index (χ1) is 18.4. The van der Waals surface area contributed by atoms with Crippen LogP contribution in [0.2, 0.25) is 0 Å². The monoisotopic (exact) mass is 525 g/mol. The molecule has 1 N–H and O–H groups in total. The van der Waals surface area contributed by atoms with E-state index in [0.29, 0.717) is 29.5 Å². The van der Waals surface area contributed by atoms with Crippen LogP contribution in [0, 0.1) is 6.92 Å². The summed E-state index contributed by atoms with van der Waals surface area (Å²) in [5.74, 6) is -0.230. The minimum atomic E-state index is -0.475. The van der Waals surface area contributed by atoms with E-state index in [9.17, 15) is 14.4 Å². The van der Waals surface area contributed by atoms with Crippen LogP contribution in [0.4, 0.5) is 10.5 Å². The maximum absolute atomic E-state index is 13.1. The Hall–Kier alpha value is -4.30. The Morgan fingerprint density at radius 2 is 1.82 bits per heavy atom. The lowest BCUT2D eigenvalue weighted by Crippen LogP contribution is -2.36. The summed E-state index contributed by atoms with van der Waals surface area (Å²) in [5.41, 5.74) is 4.81. The fourth-order valence-corrected chi connectivity index (χ4v) is 5.28. The standard InChI is InChI=1S/C30H27N3O4S/c1-3-37-24-13-11-23(12-14-24)31-28(34)19-33-29(35)27(38-30(33)36)16-22-18-32(26-10-5-4-9-25(22)26)17-21-8-6-7-20(2)15-21/h4-16,18H,3,17,19H2,1-2H3,(H,31,34)/b27-16+. The molecule has 7 nitrogen and oxygen atoms in total. The number of aromatic nitrogens is 1. The lowest BCUT2D eigenvalue weighted by molar-refractivity contribution is -0.127. The third-order valence-corrected chi connectivity index (χ3v) is 7.07. The quantitative estimate of drug-likeness (QED) is 0.282. The van der Waals surface area contributed by atoms with Gasteiger partial charge in [-0.25, -0.2) is 0 Å². The van der Waals surface area contributed by atoms with Gasteiger partial charge in [0.2, 0.25) is 5.91 Å². The van der Waals surface area contributed by atoms with Crippen molar-refractivity contribution in [3.05, 3.63) is 101 Å². The highest BCUT2D eigenvalue weighted by molar-refractivity contribution is 8.18. The number of amides is 3. The summed E-state index contributed by atoms with van der Waals surface area (Å²) in [6, 6.07) is 23.2. The molecule has 3 amide bonds. The molecule has 8 heteroatoms. The van der Waals surface area contributed by atoms with Crippen molar-refractivity contribution in [2.24, 2.45) is 0 Å². The zero-order valence-electron chi connectivity index (χ0n) is 21.1. The van der Waals surface area contributed by atoms with E-state index in [-0.39, 0.29) is 6.54 Å². The van der Waals surface area contributed by atoms with Gasteiger partial charge in [-0.05, 0) is 67.6 Å². The number of nitrogens with one attached hydrogen (secondary N) is 1. The van der Waals surface area contributed by atoms with Crippen molar-refractivity contribution < 1.29 is 19.1 Å². The molecule has 1 fully saturated rings. The molecule has 0 aliphatic carbocycles. The van der Waals surface area contributed by atoms with Crippen molar-refractivity contribution in [2.45, 2.75) is 20.4 Å². The van der Waals surface area contributed by atoms with Gasteiger partial charge in [0.15, 0.2) is 0 Å². The molecule has 0 bridgehead atoms. The van der Waals surface area contributed by atoms with Crippen LogP contribution < -0.4 is 10.1 Å². The second-order valence-corrected chi connectivity index (χ2v) is 9.99. The fraction of sp³-hybridized carbons (Fsp3) is 0.167. The minimum absolute atomic E-state index is 0.294. The third-order valence-electron chi connectivity index (χ3n) is 6.17. The van der Waals surface area contributed by atoms with Crippen LogP contribution in [0.1, 0.15) is 23.6 Å². The molecular formula is C30H27N3O4S. The molecular weight excluding hydrogens is 498 g/mol. The van der Waals surface area contributed by atoms with Gasteiger partial charge in [-0.3, -0.25) is 19.3 Å².